The molecule has 1 aromatic carbocycles. The average Bonchev–Trinajstić information content (AvgIpc) is 2.67. The van der Waals surface area contributed by atoms with Crippen molar-refractivity contribution in [2.45, 2.75) is 0 Å². The highest BCUT2D eigenvalue weighted by Gasteiger charge is 2.24. The van der Waals surface area contributed by atoms with Gasteiger partial charge in [-0.25, -0.2) is 4.98 Å². The third-order valence-corrected chi connectivity index (χ3v) is 4.14. The Labute approximate surface area is 148 Å². The Balaban J connectivity index is 1.64. The van der Waals surface area contributed by atoms with E-state index in [4.69, 9.17) is 0 Å². The fourth-order valence-corrected chi connectivity index (χ4v) is 2.75. The van der Waals surface area contributed by atoms with Gasteiger partial charge in [0.05, 0.1) is 9.85 Å². The minimum atomic E-state index is -0.533. The highest BCUT2D eigenvalue weighted by molar-refractivity contribution is 5.95. The van der Waals surface area contributed by atoms with Gasteiger partial charge in [0.2, 0.25) is 0 Å². The summed E-state index contributed by atoms with van der Waals surface area (Å²) in [6.07, 6.45) is 1.20. The molecule has 10 heteroatoms. The standard InChI is InChI=1S/C16H15N5O5/c22-16(12-2-1-3-13(10-12)20(23)24)19-8-6-18(7-9-19)15-5-4-14(11-17-15)21(25)26/h1-5,10-11H,6-9H2. The summed E-state index contributed by atoms with van der Waals surface area (Å²) in [5, 5.41) is 21.5. The van der Waals surface area contributed by atoms with Crippen molar-refractivity contribution in [3.05, 3.63) is 68.4 Å². The molecule has 1 aliphatic heterocycles. The van der Waals surface area contributed by atoms with E-state index in [2.05, 4.69) is 4.98 Å². The van der Waals surface area contributed by atoms with Crippen LogP contribution >= 0.6 is 0 Å². The van der Waals surface area contributed by atoms with Crippen molar-refractivity contribution in [1.82, 2.24) is 9.88 Å². The number of amides is 1. The number of rotatable bonds is 4. The molecule has 0 unspecified atom stereocenters. The molecule has 0 bridgehead atoms. The maximum absolute atomic E-state index is 12.5. The third kappa shape index (κ3) is 3.58. The zero-order chi connectivity index (χ0) is 18.7. The van der Waals surface area contributed by atoms with Crippen molar-refractivity contribution in [2.75, 3.05) is 31.1 Å². The van der Waals surface area contributed by atoms with Crippen molar-refractivity contribution in [1.29, 1.82) is 0 Å². The fraction of sp³-hybridized carbons (Fsp3) is 0.250. The summed E-state index contributed by atoms with van der Waals surface area (Å²) >= 11 is 0. The van der Waals surface area contributed by atoms with Gasteiger partial charge in [-0.2, -0.15) is 0 Å². The maximum Gasteiger partial charge on any atom is 0.287 e. The molecular formula is C16H15N5O5. The van der Waals surface area contributed by atoms with Crippen molar-refractivity contribution in [3.8, 4) is 0 Å². The Morgan fingerprint density at radius 2 is 1.65 bits per heavy atom. The number of hydrogen-bond acceptors (Lipinski definition) is 7. The zero-order valence-corrected chi connectivity index (χ0v) is 13.6. The zero-order valence-electron chi connectivity index (χ0n) is 13.6. The molecule has 0 radical (unpaired) electrons. The molecule has 3 rings (SSSR count). The molecule has 26 heavy (non-hydrogen) atoms. The van der Waals surface area contributed by atoms with Crippen molar-refractivity contribution in [3.63, 3.8) is 0 Å². The van der Waals surface area contributed by atoms with Gasteiger partial charge in [0.15, 0.2) is 0 Å². The Morgan fingerprint density at radius 3 is 2.23 bits per heavy atom. The molecule has 0 saturated carbocycles. The molecule has 1 aliphatic rings. The van der Waals surface area contributed by atoms with Gasteiger partial charge < -0.3 is 9.80 Å². The summed E-state index contributed by atoms with van der Waals surface area (Å²) in [4.78, 5) is 40.7. The predicted molar refractivity (Wildman–Crippen MR) is 92.1 cm³/mol. The van der Waals surface area contributed by atoms with Gasteiger partial charge in [0, 0.05) is 49.9 Å². The maximum atomic E-state index is 12.5. The van der Waals surface area contributed by atoms with Crippen LogP contribution in [-0.4, -0.2) is 51.8 Å². The first kappa shape index (κ1) is 17.3. The lowest BCUT2D eigenvalue weighted by atomic mass is 10.1. The number of piperazine rings is 1. The van der Waals surface area contributed by atoms with E-state index in [-0.39, 0.29) is 22.8 Å². The van der Waals surface area contributed by atoms with E-state index in [0.29, 0.717) is 32.0 Å². The van der Waals surface area contributed by atoms with E-state index in [1.165, 1.54) is 30.5 Å². The van der Waals surface area contributed by atoms with Gasteiger partial charge in [-0.3, -0.25) is 25.0 Å². The molecule has 2 aromatic rings. The topological polar surface area (TPSA) is 123 Å². The second-order valence-corrected chi connectivity index (χ2v) is 5.72. The molecule has 0 aliphatic carbocycles. The quantitative estimate of drug-likeness (QED) is 0.604. The van der Waals surface area contributed by atoms with Crippen LogP contribution < -0.4 is 4.90 Å². The Hall–Kier alpha value is -3.56. The van der Waals surface area contributed by atoms with Crippen LogP contribution in [0, 0.1) is 20.2 Å². The number of nitrogens with zero attached hydrogens (tertiary/aromatic N) is 5. The minimum Gasteiger partial charge on any atom is -0.353 e. The second-order valence-electron chi connectivity index (χ2n) is 5.72. The molecule has 1 amide bonds. The second kappa shape index (κ2) is 7.13. The summed E-state index contributed by atoms with van der Waals surface area (Å²) < 4.78 is 0. The fourth-order valence-electron chi connectivity index (χ4n) is 2.75. The first-order chi connectivity index (χ1) is 12.5. The van der Waals surface area contributed by atoms with Crippen molar-refractivity contribution >= 4 is 23.1 Å². The lowest BCUT2D eigenvalue weighted by Gasteiger charge is -2.35. The van der Waals surface area contributed by atoms with Crippen LogP contribution in [0.4, 0.5) is 17.2 Å². The first-order valence-electron chi connectivity index (χ1n) is 7.85. The largest absolute Gasteiger partial charge is 0.353 e. The van der Waals surface area contributed by atoms with Crippen LogP contribution in [0.2, 0.25) is 0 Å². The summed E-state index contributed by atoms with van der Waals surface area (Å²) in [7, 11) is 0. The number of benzene rings is 1. The monoisotopic (exact) mass is 357 g/mol. The van der Waals surface area contributed by atoms with E-state index in [0.717, 1.165) is 0 Å². The summed E-state index contributed by atoms with van der Waals surface area (Å²) in [6, 6.07) is 8.63. The van der Waals surface area contributed by atoms with Crippen LogP contribution in [-0.2, 0) is 0 Å². The van der Waals surface area contributed by atoms with Gasteiger partial charge in [0.1, 0.15) is 12.0 Å². The smallest absolute Gasteiger partial charge is 0.287 e. The number of carbonyl (C=O) groups is 1. The number of anilines is 1. The summed E-state index contributed by atoms with van der Waals surface area (Å²) in [6.45, 7) is 1.90. The SMILES string of the molecule is O=C(c1cccc([N+](=O)[O-])c1)N1CCN(c2ccc([N+](=O)[O-])cn2)CC1. The van der Waals surface area contributed by atoms with E-state index >= 15 is 0 Å². The van der Waals surface area contributed by atoms with Gasteiger partial charge in [-0.05, 0) is 12.1 Å². The lowest BCUT2D eigenvalue weighted by Crippen LogP contribution is -2.49. The van der Waals surface area contributed by atoms with Crippen molar-refractivity contribution < 1.29 is 14.6 Å². The third-order valence-electron chi connectivity index (χ3n) is 4.14. The molecule has 2 heterocycles. The number of aromatic nitrogens is 1. The first-order valence-corrected chi connectivity index (χ1v) is 7.85. The highest BCUT2D eigenvalue weighted by atomic mass is 16.6. The van der Waals surface area contributed by atoms with Crippen molar-refractivity contribution in [2.24, 2.45) is 0 Å². The number of carbonyl (C=O) groups excluding carboxylic acids is 1. The number of pyridine rings is 1. The van der Waals surface area contributed by atoms with Gasteiger partial charge >= 0.3 is 0 Å². The van der Waals surface area contributed by atoms with Crippen LogP contribution in [0.1, 0.15) is 10.4 Å². The Kier molecular flexibility index (Phi) is 4.74. The average molecular weight is 357 g/mol. The molecule has 0 spiro atoms. The molecular weight excluding hydrogens is 342 g/mol. The molecule has 0 atom stereocenters. The number of nitro benzene ring substituents is 1. The highest BCUT2D eigenvalue weighted by Crippen LogP contribution is 2.19. The Bertz CT molecular complexity index is 846. The molecule has 0 N–H and O–H groups in total. The predicted octanol–water partition coefficient (Wildman–Crippen LogP) is 1.86. The molecule has 1 aromatic heterocycles. The Morgan fingerprint density at radius 1 is 0.962 bits per heavy atom. The van der Waals surface area contributed by atoms with E-state index in [9.17, 15) is 25.0 Å². The van der Waals surface area contributed by atoms with E-state index < -0.39 is 9.85 Å². The molecule has 1 fully saturated rings. The molecule has 1 saturated heterocycles. The molecule has 134 valence electrons. The van der Waals surface area contributed by atoms with Gasteiger partial charge in [-0.15, -0.1) is 0 Å². The number of hydrogen-bond donors (Lipinski definition) is 0. The van der Waals surface area contributed by atoms with Crippen LogP contribution in [0.5, 0.6) is 0 Å². The van der Waals surface area contributed by atoms with Gasteiger partial charge in [-0.1, -0.05) is 6.07 Å². The van der Waals surface area contributed by atoms with Crippen LogP contribution in [0.25, 0.3) is 0 Å². The van der Waals surface area contributed by atoms with Crippen LogP contribution in [0.3, 0.4) is 0 Å². The number of nitro groups is 2. The van der Waals surface area contributed by atoms with Crippen LogP contribution in [0.15, 0.2) is 42.6 Å². The van der Waals surface area contributed by atoms with E-state index in [1.807, 2.05) is 4.90 Å². The van der Waals surface area contributed by atoms with Gasteiger partial charge in [0.25, 0.3) is 17.3 Å². The van der Waals surface area contributed by atoms with E-state index in [1.54, 1.807) is 17.0 Å². The summed E-state index contributed by atoms with van der Waals surface area (Å²) in [5.74, 6) is 0.350. The lowest BCUT2D eigenvalue weighted by molar-refractivity contribution is -0.385. The molecule has 10 nitrogen and oxygen atoms in total. The number of non-ortho nitro benzene ring substituents is 1. The summed E-state index contributed by atoms with van der Waals surface area (Å²) in [5.41, 5.74) is 0.0823. The minimum absolute atomic E-state index is 0.0757. The normalized spacial score (nSPS) is 14.2.